The van der Waals surface area contributed by atoms with Crippen molar-refractivity contribution in [1.29, 1.82) is 0 Å². The first-order chi connectivity index (χ1) is 13.6. The van der Waals surface area contributed by atoms with Gasteiger partial charge in [0.1, 0.15) is 0 Å². The average Bonchev–Trinajstić information content (AvgIpc) is 3.29. The molecule has 28 heavy (non-hydrogen) atoms. The van der Waals surface area contributed by atoms with E-state index in [4.69, 9.17) is 11.6 Å². The molecule has 4 rings (SSSR count). The first-order valence-corrected chi connectivity index (χ1v) is 9.85. The number of benzene rings is 1. The molecule has 2 N–H and O–H groups in total. The summed E-state index contributed by atoms with van der Waals surface area (Å²) in [5.74, 6) is 0.0472. The van der Waals surface area contributed by atoms with Gasteiger partial charge in [0.15, 0.2) is 0 Å². The Kier molecular flexibility index (Phi) is 5.50. The number of rotatable bonds is 5. The van der Waals surface area contributed by atoms with Gasteiger partial charge >= 0.3 is 0 Å². The number of hydrogen-bond donors (Lipinski definition) is 2. The fraction of sp³-hybridized carbons (Fsp3) is 0.333. The number of halogens is 1. The molecule has 0 aliphatic carbocycles. The summed E-state index contributed by atoms with van der Waals surface area (Å²) < 4.78 is 0. The van der Waals surface area contributed by atoms with Crippen LogP contribution in [0.1, 0.15) is 17.5 Å². The summed E-state index contributed by atoms with van der Waals surface area (Å²) in [6.07, 6.45) is 4.54. The van der Waals surface area contributed by atoms with E-state index in [1.807, 2.05) is 36.4 Å². The minimum Gasteiger partial charge on any atom is -0.366 e. The lowest BCUT2D eigenvalue weighted by Crippen LogP contribution is -2.42. The summed E-state index contributed by atoms with van der Waals surface area (Å²) in [5.41, 5.74) is 4.06. The molecule has 2 aliphatic heterocycles. The third-order valence-corrected chi connectivity index (χ3v) is 5.43. The Hall–Kier alpha value is -2.57. The molecule has 0 spiro atoms. The number of likely N-dealkylation sites (N-methyl/N-ethyl adjacent to an activating group) is 1. The van der Waals surface area contributed by atoms with Crippen molar-refractivity contribution in [1.82, 2.24) is 25.4 Å². The van der Waals surface area contributed by atoms with Crippen LogP contribution in [0.5, 0.6) is 0 Å². The van der Waals surface area contributed by atoms with Crippen LogP contribution in [-0.2, 0) is 4.79 Å². The molecule has 6 nitrogen and oxygen atoms in total. The largest absolute Gasteiger partial charge is 0.366 e. The van der Waals surface area contributed by atoms with Crippen LogP contribution in [0.2, 0.25) is 5.02 Å². The Morgan fingerprint density at radius 1 is 1.21 bits per heavy atom. The summed E-state index contributed by atoms with van der Waals surface area (Å²) in [4.78, 5) is 21.1. The van der Waals surface area contributed by atoms with Crippen molar-refractivity contribution in [3.8, 4) is 0 Å². The third kappa shape index (κ3) is 4.13. The summed E-state index contributed by atoms with van der Waals surface area (Å²) in [5, 5.41) is 7.32. The fourth-order valence-electron chi connectivity index (χ4n) is 3.82. The van der Waals surface area contributed by atoms with Crippen LogP contribution in [0.25, 0.3) is 11.4 Å². The maximum absolute atomic E-state index is 12.7. The smallest absolute Gasteiger partial charge is 0.239 e. The second kappa shape index (κ2) is 8.20. The predicted octanol–water partition coefficient (Wildman–Crippen LogP) is 2.24. The predicted molar refractivity (Wildman–Crippen MR) is 111 cm³/mol. The number of carbonyl (C=O) groups excluding carboxylic acids is 1. The van der Waals surface area contributed by atoms with Crippen LogP contribution in [-0.4, -0.2) is 60.1 Å². The van der Waals surface area contributed by atoms with E-state index >= 15 is 0 Å². The molecule has 2 aliphatic rings. The lowest BCUT2D eigenvalue weighted by atomic mass is 10.1. The van der Waals surface area contributed by atoms with Gasteiger partial charge in [-0.1, -0.05) is 23.7 Å². The van der Waals surface area contributed by atoms with Crippen LogP contribution in [0.4, 0.5) is 0 Å². The monoisotopic (exact) mass is 397 g/mol. The van der Waals surface area contributed by atoms with Crippen molar-refractivity contribution in [3.05, 3.63) is 64.9 Å². The van der Waals surface area contributed by atoms with E-state index in [2.05, 4.69) is 32.5 Å². The standard InChI is InChI=1S/C21H24ClN5O/c1-26-11-8-18(12-26)25-19(28)13-27-14-24-20(15-2-4-17(22)5-3-15)21(27)16-6-9-23-10-7-16/h2-7,9-10,18,24H,8,11-14H2,1H3,(H,25,28)/t18-/m1/s1. The molecule has 1 aromatic heterocycles. The minimum absolute atomic E-state index is 0.0472. The first-order valence-electron chi connectivity index (χ1n) is 9.47. The first kappa shape index (κ1) is 18.8. The highest BCUT2D eigenvalue weighted by atomic mass is 35.5. The SMILES string of the molecule is CN1CC[C@@H](NC(=O)CN2CNC(c3ccc(Cl)cc3)=C2c2ccncc2)C1. The number of nitrogens with zero attached hydrogens (tertiary/aromatic N) is 3. The molecule has 2 aromatic rings. The number of amides is 1. The summed E-state index contributed by atoms with van der Waals surface area (Å²) in [6, 6.07) is 11.9. The van der Waals surface area contributed by atoms with E-state index in [-0.39, 0.29) is 11.9 Å². The summed E-state index contributed by atoms with van der Waals surface area (Å²) in [7, 11) is 2.08. The van der Waals surface area contributed by atoms with Gasteiger partial charge in [0.2, 0.25) is 5.91 Å². The lowest BCUT2D eigenvalue weighted by Gasteiger charge is -2.22. The number of nitrogens with one attached hydrogen (secondary N) is 2. The van der Waals surface area contributed by atoms with E-state index in [0.29, 0.717) is 18.2 Å². The van der Waals surface area contributed by atoms with Gasteiger partial charge in [0.25, 0.3) is 0 Å². The molecular formula is C21H24ClN5O. The average molecular weight is 398 g/mol. The van der Waals surface area contributed by atoms with Gasteiger partial charge in [-0.3, -0.25) is 9.78 Å². The number of pyridine rings is 1. The summed E-state index contributed by atoms with van der Waals surface area (Å²) in [6.45, 7) is 2.82. The van der Waals surface area contributed by atoms with Gasteiger partial charge in [-0.2, -0.15) is 0 Å². The van der Waals surface area contributed by atoms with Crippen LogP contribution < -0.4 is 10.6 Å². The number of likely N-dealkylation sites (tertiary alicyclic amines) is 1. The zero-order valence-corrected chi connectivity index (χ0v) is 16.6. The van der Waals surface area contributed by atoms with Crippen molar-refractivity contribution >= 4 is 28.9 Å². The van der Waals surface area contributed by atoms with Crippen LogP contribution in [0.15, 0.2) is 48.8 Å². The molecule has 1 fully saturated rings. The van der Waals surface area contributed by atoms with Gasteiger partial charge in [0, 0.05) is 35.6 Å². The van der Waals surface area contributed by atoms with Gasteiger partial charge in [-0.25, -0.2) is 0 Å². The fourth-order valence-corrected chi connectivity index (χ4v) is 3.95. The van der Waals surface area contributed by atoms with Gasteiger partial charge in [-0.15, -0.1) is 0 Å². The highest BCUT2D eigenvalue weighted by molar-refractivity contribution is 6.30. The van der Waals surface area contributed by atoms with Gasteiger partial charge < -0.3 is 20.4 Å². The van der Waals surface area contributed by atoms with Crippen molar-refractivity contribution in [2.75, 3.05) is 33.4 Å². The van der Waals surface area contributed by atoms with E-state index in [9.17, 15) is 4.79 Å². The van der Waals surface area contributed by atoms with Crippen molar-refractivity contribution in [2.24, 2.45) is 0 Å². The highest BCUT2D eigenvalue weighted by Gasteiger charge is 2.28. The number of aromatic nitrogens is 1. The molecule has 3 heterocycles. The maximum atomic E-state index is 12.7. The second-order valence-corrected chi connectivity index (χ2v) is 7.75. The molecule has 0 saturated carbocycles. The molecule has 1 amide bonds. The normalized spacial score (nSPS) is 19.8. The number of carbonyl (C=O) groups is 1. The van der Waals surface area contributed by atoms with Crippen molar-refractivity contribution in [3.63, 3.8) is 0 Å². The molecule has 1 aromatic carbocycles. The van der Waals surface area contributed by atoms with E-state index in [1.54, 1.807) is 12.4 Å². The Morgan fingerprint density at radius 3 is 2.64 bits per heavy atom. The van der Waals surface area contributed by atoms with E-state index < -0.39 is 0 Å². The zero-order chi connectivity index (χ0) is 19.5. The quantitative estimate of drug-likeness (QED) is 0.810. The zero-order valence-electron chi connectivity index (χ0n) is 15.9. The second-order valence-electron chi connectivity index (χ2n) is 7.31. The van der Waals surface area contributed by atoms with E-state index in [0.717, 1.165) is 42.0 Å². The number of hydrogen-bond acceptors (Lipinski definition) is 5. The maximum Gasteiger partial charge on any atom is 0.239 e. The van der Waals surface area contributed by atoms with E-state index in [1.165, 1.54) is 0 Å². The third-order valence-electron chi connectivity index (χ3n) is 5.18. The molecule has 1 saturated heterocycles. The molecular weight excluding hydrogens is 374 g/mol. The molecule has 7 heteroatoms. The molecule has 0 unspecified atom stereocenters. The van der Waals surface area contributed by atoms with Gasteiger partial charge in [0.05, 0.1) is 24.6 Å². The van der Waals surface area contributed by atoms with Crippen LogP contribution in [0, 0.1) is 0 Å². The lowest BCUT2D eigenvalue weighted by molar-refractivity contribution is -0.122. The Balaban J connectivity index is 1.58. The Bertz CT molecular complexity index is 868. The molecule has 146 valence electrons. The molecule has 0 radical (unpaired) electrons. The highest BCUT2D eigenvalue weighted by Crippen LogP contribution is 2.31. The van der Waals surface area contributed by atoms with Crippen molar-refractivity contribution < 1.29 is 4.79 Å². The minimum atomic E-state index is 0.0472. The van der Waals surface area contributed by atoms with Gasteiger partial charge in [-0.05, 0) is 49.8 Å². The van der Waals surface area contributed by atoms with Crippen molar-refractivity contribution in [2.45, 2.75) is 12.5 Å². The topological polar surface area (TPSA) is 60.5 Å². The van der Waals surface area contributed by atoms with Crippen LogP contribution in [0.3, 0.4) is 0 Å². The molecule has 0 bridgehead atoms. The Morgan fingerprint density at radius 2 is 1.96 bits per heavy atom. The summed E-state index contributed by atoms with van der Waals surface area (Å²) >= 11 is 6.05. The molecule has 1 atom stereocenters. The Labute approximate surface area is 170 Å². The van der Waals surface area contributed by atoms with Crippen LogP contribution >= 0.6 is 11.6 Å².